The van der Waals surface area contributed by atoms with Crippen molar-refractivity contribution in [3.8, 4) is 0 Å². The van der Waals surface area contributed by atoms with Crippen LogP contribution >= 0.6 is 0 Å². The number of piperidine rings is 1. The Bertz CT molecular complexity index is 1900. The quantitative estimate of drug-likeness (QED) is 0.122. The number of hydrogen-bond acceptors (Lipinski definition) is 7. The maximum absolute atomic E-state index is 14.6. The highest BCUT2D eigenvalue weighted by molar-refractivity contribution is 6.01. The van der Waals surface area contributed by atoms with Gasteiger partial charge in [-0.1, -0.05) is 36.4 Å². The van der Waals surface area contributed by atoms with Gasteiger partial charge in [0.25, 0.3) is 5.91 Å². The number of aromatic nitrogens is 2. The van der Waals surface area contributed by atoms with Crippen LogP contribution in [0.2, 0.25) is 0 Å². The summed E-state index contributed by atoms with van der Waals surface area (Å²) < 4.78 is 93.3. The molecule has 16 heteroatoms. The number of para-hydroxylation sites is 1. The van der Waals surface area contributed by atoms with E-state index in [9.17, 15) is 40.7 Å². The molecule has 2 aromatic carbocycles. The maximum Gasteiger partial charge on any atom is 0.491 e. The number of carbonyl (C=O) groups excluding carboxylic acids is 3. The summed E-state index contributed by atoms with van der Waals surface area (Å²) in [6.45, 7) is 4.40. The number of aromatic amines is 1. The van der Waals surface area contributed by atoms with Gasteiger partial charge < -0.3 is 19.0 Å². The highest BCUT2D eigenvalue weighted by atomic mass is 19.4. The number of aryl methyl sites for hydroxylation is 2. The molecule has 1 amide bonds. The highest BCUT2D eigenvalue weighted by Gasteiger charge is 2.59. The van der Waals surface area contributed by atoms with Crippen LogP contribution in [0.25, 0.3) is 10.9 Å². The van der Waals surface area contributed by atoms with Gasteiger partial charge in [0.1, 0.15) is 5.69 Å². The number of nitrogens with zero attached hydrogens (tertiary/aromatic N) is 4. The van der Waals surface area contributed by atoms with Gasteiger partial charge in [-0.15, -0.1) is 0 Å². The van der Waals surface area contributed by atoms with Crippen molar-refractivity contribution in [2.24, 2.45) is 0 Å². The van der Waals surface area contributed by atoms with Crippen LogP contribution in [0.15, 0.2) is 67.0 Å². The molecule has 4 aromatic rings. The number of rotatable bonds is 9. The molecule has 0 unspecified atom stereocenters. The Morgan fingerprint density at radius 1 is 0.774 bits per heavy atom. The van der Waals surface area contributed by atoms with Crippen LogP contribution in [-0.4, -0.2) is 99.6 Å². The van der Waals surface area contributed by atoms with Crippen molar-refractivity contribution in [3.05, 3.63) is 94.9 Å². The zero-order valence-corrected chi connectivity index (χ0v) is 29.1. The molecular formula is C37H39F6N5O5. The number of ether oxygens (including phenoxy) is 2. The Morgan fingerprint density at radius 2 is 1.38 bits per heavy atom. The van der Waals surface area contributed by atoms with E-state index in [1.807, 2.05) is 6.07 Å². The zero-order valence-electron chi connectivity index (χ0n) is 29.1. The summed E-state index contributed by atoms with van der Waals surface area (Å²) >= 11 is 0. The summed E-state index contributed by atoms with van der Waals surface area (Å²) in [6.07, 6.45) is -6.35. The van der Waals surface area contributed by atoms with Gasteiger partial charge in [-0.05, 0) is 80.6 Å². The SMILES string of the molecule is Cc1cccc(C)c1C1CCN(Cc2c(C(=O)N3CCN(CCn4cccc4)CC3(OC(=O)C(F)(F)F)OC(=O)C(F)(F)F)[nH]c3ccccc23)CC1. The molecule has 2 saturated heterocycles. The smallest absolute Gasteiger partial charge is 0.395 e. The summed E-state index contributed by atoms with van der Waals surface area (Å²) in [4.78, 5) is 46.3. The second kappa shape index (κ2) is 14.9. The standard InChI is InChI=1S/C37H39F6N5O5/c1-24-8-7-9-25(2)30(24)26-12-16-46(17-13-26)22-28-27-10-3-4-11-29(27)44-31(28)32(49)48-21-20-47(19-18-45-14-5-6-15-45)23-35(48,52-33(50)36(38,39)40)53-34(51)37(41,42)43/h3-11,14-15,26,44H,12-13,16-23H2,1-2H3. The first-order valence-corrected chi connectivity index (χ1v) is 17.2. The number of alkyl halides is 6. The lowest BCUT2D eigenvalue weighted by Gasteiger charge is -2.47. The van der Waals surface area contributed by atoms with Gasteiger partial charge in [-0.3, -0.25) is 19.5 Å². The van der Waals surface area contributed by atoms with E-state index in [-0.39, 0.29) is 31.9 Å². The summed E-state index contributed by atoms with van der Waals surface area (Å²) in [5.41, 5.74) is 4.52. The number of nitrogens with one attached hydrogen (secondary N) is 1. The van der Waals surface area contributed by atoms with Crippen molar-refractivity contribution < 1.29 is 50.2 Å². The molecule has 6 rings (SSSR count). The van der Waals surface area contributed by atoms with Crippen molar-refractivity contribution in [1.29, 1.82) is 0 Å². The third-order valence-electron chi connectivity index (χ3n) is 9.97. The Balaban J connectivity index is 1.34. The number of fused-ring (bicyclic) bond motifs is 1. The average molecular weight is 748 g/mol. The predicted octanol–water partition coefficient (Wildman–Crippen LogP) is 6.29. The minimum absolute atomic E-state index is 0.0429. The van der Waals surface area contributed by atoms with Crippen molar-refractivity contribution in [2.45, 2.75) is 64.0 Å². The monoisotopic (exact) mass is 747 g/mol. The van der Waals surface area contributed by atoms with E-state index in [4.69, 9.17) is 9.47 Å². The van der Waals surface area contributed by atoms with E-state index in [1.165, 1.54) is 21.6 Å². The van der Waals surface area contributed by atoms with Crippen molar-refractivity contribution in [2.75, 3.05) is 39.3 Å². The van der Waals surface area contributed by atoms with Gasteiger partial charge >= 0.3 is 30.2 Å². The molecule has 0 saturated carbocycles. The van der Waals surface area contributed by atoms with Crippen LogP contribution in [0.4, 0.5) is 26.3 Å². The van der Waals surface area contributed by atoms with E-state index in [1.54, 1.807) is 53.4 Å². The lowest BCUT2D eigenvalue weighted by molar-refractivity contribution is -0.318. The average Bonchev–Trinajstić information content (AvgIpc) is 3.75. The molecule has 2 fully saturated rings. The molecule has 2 aromatic heterocycles. The molecule has 2 aliphatic heterocycles. The van der Waals surface area contributed by atoms with Crippen LogP contribution in [-0.2, 0) is 32.2 Å². The Hall–Kier alpha value is -4.83. The van der Waals surface area contributed by atoms with Gasteiger partial charge in [0, 0.05) is 61.6 Å². The number of benzene rings is 2. The third-order valence-corrected chi connectivity index (χ3v) is 9.97. The molecule has 0 spiro atoms. The fourth-order valence-corrected chi connectivity index (χ4v) is 7.44. The third kappa shape index (κ3) is 8.23. The zero-order chi connectivity index (χ0) is 38.1. The van der Waals surface area contributed by atoms with E-state index in [0.717, 1.165) is 12.8 Å². The molecule has 284 valence electrons. The molecule has 0 atom stereocenters. The fraction of sp³-hybridized carbons (Fsp3) is 0.432. The number of carbonyl (C=O) groups is 3. The first-order valence-electron chi connectivity index (χ1n) is 17.2. The van der Waals surface area contributed by atoms with Gasteiger partial charge in [-0.25, -0.2) is 9.59 Å². The lowest BCUT2D eigenvalue weighted by Crippen LogP contribution is -2.69. The van der Waals surface area contributed by atoms with Gasteiger partial charge in [0.05, 0.1) is 6.54 Å². The minimum atomic E-state index is -5.70. The summed E-state index contributed by atoms with van der Waals surface area (Å²) in [5.74, 6) is -10.1. The predicted molar refractivity (Wildman–Crippen MR) is 180 cm³/mol. The summed E-state index contributed by atoms with van der Waals surface area (Å²) in [6, 6.07) is 16.5. The highest BCUT2D eigenvalue weighted by Crippen LogP contribution is 2.37. The molecule has 10 nitrogen and oxygen atoms in total. The van der Waals surface area contributed by atoms with E-state index < -0.39 is 49.2 Å². The lowest BCUT2D eigenvalue weighted by atomic mass is 9.84. The maximum atomic E-state index is 14.6. The molecule has 1 N–H and O–H groups in total. The summed E-state index contributed by atoms with van der Waals surface area (Å²) in [7, 11) is 0. The second-order valence-electron chi connectivity index (χ2n) is 13.5. The molecule has 53 heavy (non-hydrogen) atoms. The van der Waals surface area contributed by atoms with Crippen molar-refractivity contribution in [1.82, 2.24) is 24.3 Å². The fourth-order valence-electron chi connectivity index (χ4n) is 7.44. The van der Waals surface area contributed by atoms with Crippen LogP contribution in [0.3, 0.4) is 0 Å². The number of H-pyrrole nitrogens is 1. The van der Waals surface area contributed by atoms with Crippen molar-refractivity contribution >= 4 is 28.7 Å². The normalized spacial score (nSPS) is 17.6. The van der Waals surface area contributed by atoms with Crippen LogP contribution in [0, 0.1) is 13.8 Å². The van der Waals surface area contributed by atoms with Gasteiger partial charge in [-0.2, -0.15) is 26.3 Å². The number of esters is 2. The summed E-state index contributed by atoms with van der Waals surface area (Å²) in [5, 5.41) is 0.614. The number of halogens is 6. The molecule has 0 bridgehead atoms. The second-order valence-corrected chi connectivity index (χ2v) is 13.5. The molecule has 2 aliphatic rings. The molecule has 4 heterocycles. The molecule has 0 radical (unpaired) electrons. The number of hydrogen-bond donors (Lipinski definition) is 1. The largest absolute Gasteiger partial charge is 0.491 e. The number of amides is 1. The molecular weight excluding hydrogens is 708 g/mol. The molecule has 0 aliphatic carbocycles. The van der Waals surface area contributed by atoms with E-state index >= 15 is 0 Å². The van der Waals surface area contributed by atoms with Crippen LogP contribution in [0.1, 0.15) is 51.5 Å². The Kier molecular flexibility index (Phi) is 10.7. The van der Waals surface area contributed by atoms with E-state index in [2.05, 4.69) is 35.9 Å². The van der Waals surface area contributed by atoms with Crippen molar-refractivity contribution in [3.63, 3.8) is 0 Å². The number of piperazine rings is 1. The van der Waals surface area contributed by atoms with E-state index in [0.29, 0.717) is 40.4 Å². The minimum Gasteiger partial charge on any atom is -0.395 e. The topological polar surface area (TPSA) is 100 Å². The first-order chi connectivity index (χ1) is 25.1. The Labute approximate surface area is 301 Å². The van der Waals surface area contributed by atoms with Crippen LogP contribution < -0.4 is 0 Å². The van der Waals surface area contributed by atoms with Crippen LogP contribution in [0.5, 0.6) is 0 Å². The van der Waals surface area contributed by atoms with Gasteiger partial charge in [0.2, 0.25) is 0 Å². The van der Waals surface area contributed by atoms with Gasteiger partial charge in [0.15, 0.2) is 0 Å². The Morgan fingerprint density at radius 3 is 1.98 bits per heavy atom. The number of likely N-dealkylation sites (tertiary alicyclic amines) is 1. The first kappa shape index (κ1) is 37.9.